The smallest absolute Gasteiger partial charge is 0.221 e. The Kier molecular flexibility index (Phi) is 7.73. The molecule has 1 amide bonds. The number of ether oxygens (including phenoxy) is 1. The normalized spacial score (nSPS) is 10.6. The van der Waals surface area contributed by atoms with Crippen molar-refractivity contribution in [2.75, 3.05) is 26.7 Å². The Balaban J connectivity index is 2.11. The summed E-state index contributed by atoms with van der Waals surface area (Å²) in [5.74, 6) is 1.50. The number of rotatable bonds is 9. The highest BCUT2D eigenvalue weighted by Crippen LogP contribution is 2.12. The first kappa shape index (κ1) is 16.5. The fraction of sp³-hybridized carbons (Fsp3) is 0.562. The van der Waals surface area contributed by atoms with E-state index in [4.69, 9.17) is 4.74 Å². The van der Waals surface area contributed by atoms with Gasteiger partial charge in [-0.2, -0.15) is 0 Å². The third-order valence-corrected chi connectivity index (χ3v) is 2.96. The molecule has 0 fully saturated rings. The van der Waals surface area contributed by atoms with E-state index in [0.717, 1.165) is 25.3 Å². The van der Waals surface area contributed by atoms with Crippen LogP contribution in [0.5, 0.6) is 5.75 Å². The van der Waals surface area contributed by atoms with Crippen molar-refractivity contribution in [3.63, 3.8) is 0 Å². The molecule has 0 saturated carbocycles. The van der Waals surface area contributed by atoms with E-state index in [2.05, 4.69) is 30.5 Å². The van der Waals surface area contributed by atoms with Crippen LogP contribution in [-0.4, -0.2) is 32.7 Å². The monoisotopic (exact) mass is 278 g/mol. The molecule has 0 radical (unpaired) electrons. The van der Waals surface area contributed by atoms with E-state index in [1.165, 1.54) is 5.56 Å². The number of hydrogen-bond acceptors (Lipinski definition) is 3. The summed E-state index contributed by atoms with van der Waals surface area (Å²) in [7, 11) is 1.67. The Labute approximate surface area is 121 Å². The molecule has 4 heteroatoms. The van der Waals surface area contributed by atoms with Crippen LogP contribution in [0.1, 0.15) is 25.8 Å². The maximum atomic E-state index is 11.5. The molecule has 0 bridgehead atoms. The van der Waals surface area contributed by atoms with E-state index in [9.17, 15) is 4.79 Å². The van der Waals surface area contributed by atoms with Crippen LogP contribution in [-0.2, 0) is 11.2 Å². The molecule has 112 valence electrons. The Hall–Kier alpha value is -1.55. The zero-order valence-corrected chi connectivity index (χ0v) is 12.7. The molecule has 1 rings (SSSR count). The number of carbonyl (C=O) groups excluding carboxylic acids is 1. The van der Waals surface area contributed by atoms with E-state index < -0.39 is 0 Å². The highest BCUT2D eigenvalue weighted by molar-refractivity contribution is 5.76. The summed E-state index contributed by atoms with van der Waals surface area (Å²) in [5.41, 5.74) is 1.24. The molecule has 0 spiro atoms. The third-order valence-electron chi connectivity index (χ3n) is 2.96. The molecular formula is C16H26N2O2. The molecule has 20 heavy (non-hydrogen) atoms. The van der Waals surface area contributed by atoms with Crippen LogP contribution in [0.2, 0.25) is 0 Å². The average molecular weight is 278 g/mol. The number of nitrogens with one attached hydrogen (secondary N) is 2. The number of amides is 1. The van der Waals surface area contributed by atoms with E-state index in [-0.39, 0.29) is 5.91 Å². The summed E-state index contributed by atoms with van der Waals surface area (Å²) in [6.07, 6.45) is 1.47. The highest BCUT2D eigenvalue weighted by atomic mass is 16.5. The number of hydrogen-bond donors (Lipinski definition) is 2. The van der Waals surface area contributed by atoms with Gasteiger partial charge in [-0.1, -0.05) is 26.0 Å². The molecule has 1 aromatic carbocycles. The van der Waals surface area contributed by atoms with Crippen LogP contribution >= 0.6 is 0 Å². The first-order chi connectivity index (χ1) is 9.61. The molecule has 0 aliphatic carbocycles. The minimum Gasteiger partial charge on any atom is -0.497 e. The van der Waals surface area contributed by atoms with Crippen LogP contribution in [0.3, 0.4) is 0 Å². The molecular weight excluding hydrogens is 252 g/mol. The van der Waals surface area contributed by atoms with Gasteiger partial charge in [0, 0.05) is 19.5 Å². The van der Waals surface area contributed by atoms with Gasteiger partial charge in [0.2, 0.25) is 5.91 Å². The third kappa shape index (κ3) is 7.14. The maximum absolute atomic E-state index is 11.5. The van der Waals surface area contributed by atoms with Crippen LogP contribution in [0.15, 0.2) is 24.3 Å². The van der Waals surface area contributed by atoms with Crippen molar-refractivity contribution >= 4 is 5.91 Å². The van der Waals surface area contributed by atoms with Crippen LogP contribution < -0.4 is 15.4 Å². The van der Waals surface area contributed by atoms with Gasteiger partial charge in [-0.15, -0.1) is 0 Å². The summed E-state index contributed by atoms with van der Waals surface area (Å²) in [6, 6.07) is 8.06. The van der Waals surface area contributed by atoms with Gasteiger partial charge in [0.1, 0.15) is 5.75 Å². The van der Waals surface area contributed by atoms with Crippen LogP contribution in [0.4, 0.5) is 0 Å². The van der Waals surface area contributed by atoms with Crippen LogP contribution in [0, 0.1) is 5.92 Å². The summed E-state index contributed by atoms with van der Waals surface area (Å²) >= 11 is 0. The molecule has 0 saturated heterocycles. The molecule has 0 unspecified atom stereocenters. The lowest BCUT2D eigenvalue weighted by Crippen LogP contribution is -2.30. The molecule has 0 atom stereocenters. The van der Waals surface area contributed by atoms with Crippen molar-refractivity contribution in [1.82, 2.24) is 10.6 Å². The van der Waals surface area contributed by atoms with Crippen molar-refractivity contribution in [3.8, 4) is 5.75 Å². The summed E-state index contributed by atoms with van der Waals surface area (Å²) in [6.45, 7) is 6.51. The minimum absolute atomic E-state index is 0.118. The summed E-state index contributed by atoms with van der Waals surface area (Å²) in [4.78, 5) is 11.5. The van der Waals surface area contributed by atoms with Gasteiger partial charge >= 0.3 is 0 Å². The quantitative estimate of drug-likeness (QED) is 0.679. The highest BCUT2D eigenvalue weighted by Gasteiger charge is 2.01. The second-order valence-electron chi connectivity index (χ2n) is 5.30. The second kappa shape index (κ2) is 9.37. The SMILES string of the molecule is COc1cccc(CCNCCC(=O)NCC(C)C)c1. The van der Waals surface area contributed by atoms with Crippen molar-refractivity contribution in [2.45, 2.75) is 26.7 Å². The summed E-state index contributed by atoms with van der Waals surface area (Å²) in [5, 5.41) is 6.20. The van der Waals surface area contributed by atoms with Crippen molar-refractivity contribution in [1.29, 1.82) is 0 Å². The molecule has 0 aliphatic rings. The minimum atomic E-state index is 0.118. The van der Waals surface area contributed by atoms with Crippen molar-refractivity contribution in [3.05, 3.63) is 29.8 Å². The molecule has 2 N–H and O–H groups in total. The number of carbonyl (C=O) groups is 1. The molecule has 0 aromatic heterocycles. The Morgan fingerprint density at radius 1 is 1.30 bits per heavy atom. The van der Waals surface area contributed by atoms with Gasteiger partial charge in [0.05, 0.1) is 7.11 Å². The topological polar surface area (TPSA) is 50.4 Å². The van der Waals surface area contributed by atoms with Crippen LogP contribution in [0.25, 0.3) is 0 Å². The second-order valence-corrected chi connectivity index (χ2v) is 5.30. The first-order valence-electron chi connectivity index (χ1n) is 7.22. The molecule has 0 heterocycles. The fourth-order valence-electron chi connectivity index (χ4n) is 1.79. The molecule has 4 nitrogen and oxygen atoms in total. The van der Waals surface area contributed by atoms with Gasteiger partial charge in [-0.05, 0) is 36.6 Å². The molecule has 0 aliphatic heterocycles. The van der Waals surface area contributed by atoms with Gasteiger partial charge in [0.15, 0.2) is 0 Å². The Morgan fingerprint density at radius 3 is 2.80 bits per heavy atom. The van der Waals surface area contributed by atoms with Gasteiger partial charge in [-0.25, -0.2) is 0 Å². The van der Waals surface area contributed by atoms with Gasteiger partial charge < -0.3 is 15.4 Å². The fourth-order valence-corrected chi connectivity index (χ4v) is 1.79. The van der Waals surface area contributed by atoms with E-state index in [0.29, 0.717) is 18.9 Å². The largest absolute Gasteiger partial charge is 0.497 e. The van der Waals surface area contributed by atoms with E-state index >= 15 is 0 Å². The number of benzene rings is 1. The predicted molar refractivity (Wildman–Crippen MR) is 82.0 cm³/mol. The lowest BCUT2D eigenvalue weighted by atomic mass is 10.1. The standard InChI is InChI=1S/C16H26N2O2/c1-13(2)12-18-16(19)8-10-17-9-7-14-5-4-6-15(11-14)20-3/h4-6,11,13,17H,7-10,12H2,1-3H3,(H,18,19). The summed E-state index contributed by atoms with van der Waals surface area (Å²) < 4.78 is 5.19. The van der Waals surface area contributed by atoms with Gasteiger partial charge in [-0.3, -0.25) is 4.79 Å². The zero-order chi connectivity index (χ0) is 14.8. The Morgan fingerprint density at radius 2 is 2.10 bits per heavy atom. The van der Waals surface area contributed by atoms with Gasteiger partial charge in [0.25, 0.3) is 0 Å². The van der Waals surface area contributed by atoms with E-state index in [1.54, 1.807) is 7.11 Å². The predicted octanol–water partition coefficient (Wildman–Crippen LogP) is 1.99. The average Bonchev–Trinajstić information content (AvgIpc) is 2.45. The van der Waals surface area contributed by atoms with E-state index in [1.807, 2.05) is 18.2 Å². The van der Waals surface area contributed by atoms with Crippen molar-refractivity contribution < 1.29 is 9.53 Å². The lowest BCUT2D eigenvalue weighted by molar-refractivity contribution is -0.121. The van der Waals surface area contributed by atoms with Crippen molar-refractivity contribution in [2.24, 2.45) is 5.92 Å². The molecule has 1 aromatic rings. The zero-order valence-electron chi connectivity index (χ0n) is 12.7. The number of methoxy groups -OCH3 is 1. The lowest BCUT2D eigenvalue weighted by Gasteiger charge is -2.08. The first-order valence-corrected chi connectivity index (χ1v) is 7.22. The maximum Gasteiger partial charge on any atom is 0.221 e. The Bertz CT molecular complexity index is 405.